The van der Waals surface area contributed by atoms with Gasteiger partial charge < -0.3 is 14.3 Å². The Kier molecular flexibility index (Phi) is 4.67. The van der Waals surface area contributed by atoms with Crippen molar-refractivity contribution in [1.29, 1.82) is 0 Å². The van der Waals surface area contributed by atoms with Crippen molar-refractivity contribution in [3.05, 3.63) is 0 Å². The Hall–Kier alpha value is -1.39. The van der Waals surface area contributed by atoms with Crippen LogP contribution in [0, 0.1) is 5.92 Å². The van der Waals surface area contributed by atoms with Crippen LogP contribution in [0.4, 0.5) is 0 Å². The molecular formula is C7H10O5. The number of carbonyl (C=O) groups excluding carboxylic acids is 3. The zero-order chi connectivity index (χ0) is 9.56. The summed E-state index contributed by atoms with van der Waals surface area (Å²) in [6.07, 6.45) is 0.0927. The smallest absolute Gasteiger partial charge is 0.316 e. The van der Waals surface area contributed by atoms with Gasteiger partial charge >= 0.3 is 11.9 Å². The van der Waals surface area contributed by atoms with Gasteiger partial charge in [-0.2, -0.15) is 0 Å². The van der Waals surface area contributed by atoms with Gasteiger partial charge in [0.25, 0.3) is 0 Å². The predicted octanol–water partition coefficient (Wildman–Crippen LogP) is -0.462. The number of aldehydes is 1. The molecule has 0 spiro atoms. The summed E-state index contributed by atoms with van der Waals surface area (Å²) in [6.45, 7) is 0. The van der Waals surface area contributed by atoms with Gasteiger partial charge in [0.1, 0.15) is 12.2 Å². The van der Waals surface area contributed by atoms with Crippen LogP contribution in [0.3, 0.4) is 0 Å². The number of esters is 2. The number of methoxy groups -OCH3 is 2. The van der Waals surface area contributed by atoms with Gasteiger partial charge in [0.2, 0.25) is 0 Å². The van der Waals surface area contributed by atoms with E-state index >= 15 is 0 Å². The highest BCUT2D eigenvalue weighted by Crippen LogP contribution is 2.02. The standard InChI is InChI=1S/C7H10O5/c1-11-6(9)3-5(4-8)7(10)12-2/h4-5H,3H2,1-2H3/t5-/m1/s1. The van der Waals surface area contributed by atoms with E-state index in [4.69, 9.17) is 0 Å². The van der Waals surface area contributed by atoms with E-state index in [1.54, 1.807) is 0 Å². The van der Waals surface area contributed by atoms with Gasteiger partial charge in [0.15, 0.2) is 0 Å². The molecule has 1 atom stereocenters. The molecule has 68 valence electrons. The molecule has 0 saturated heterocycles. The summed E-state index contributed by atoms with van der Waals surface area (Å²) in [4.78, 5) is 31.6. The molecule has 0 radical (unpaired) electrons. The predicted molar refractivity (Wildman–Crippen MR) is 38.2 cm³/mol. The fraction of sp³-hybridized carbons (Fsp3) is 0.571. The number of hydrogen-bond donors (Lipinski definition) is 0. The van der Waals surface area contributed by atoms with Crippen molar-refractivity contribution in [3.8, 4) is 0 Å². The molecule has 0 saturated carbocycles. The Labute approximate surface area is 69.6 Å². The van der Waals surface area contributed by atoms with Crippen LogP contribution in [0.15, 0.2) is 0 Å². The van der Waals surface area contributed by atoms with Gasteiger partial charge in [-0.3, -0.25) is 9.59 Å². The SMILES string of the molecule is COC(=O)C[C@H](C=O)C(=O)OC. The fourth-order valence-corrected chi connectivity index (χ4v) is 0.601. The van der Waals surface area contributed by atoms with Crippen LogP contribution < -0.4 is 0 Å². The molecule has 5 heteroatoms. The molecule has 0 fully saturated rings. The van der Waals surface area contributed by atoms with Crippen LogP contribution in [-0.4, -0.2) is 32.4 Å². The van der Waals surface area contributed by atoms with E-state index < -0.39 is 17.9 Å². The Morgan fingerprint density at radius 1 is 1.33 bits per heavy atom. The minimum Gasteiger partial charge on any atom is -0.469 e. The highest BCUT2D eigenvalue weighted by Gasteiger charge is 2.21. The third kappa shape index (κ3) is 3.14. The number of hydrogen-bond acceptors (Lipinski definition) is 5. The summed E-state index contributed by atoms with van der Waals surface area (Å²) in [5.41, 5.74) is 0. The molecule has 0 bridgehead atoms. The zero-order valence-electron chi connectivity index (χ0n) is 6.90. The third-order valence-corrected chi connectivity index (χ3v) is 1.28. The quantitative estimate of drug-likeness (QED) is 0.327. The van der Waals surface area contributed by atoms with E-state index in [0.29, 0.717) is 6.29 Å². The lowest BCUT2D eigenvalue weighted by Gasteiger charge is -2.05. The molecule has 0 heterocycles. The van der Waals surface area contributed by atoms with Crippen molar-refractivity contribution >= 4 is 18.2 Å². The Morgan fingerprint density at radius 2 is 1.92 bits per heavy atom. The lowest BCUT2D eigenvalue weighted by molar-refractivity contribution is -0.153. The lowest BCUT2D eigenvalue weighted by Crippen LogP contribution is -2.21. The van der Waals surface area contributed by atoms with Gasteiger partial charge in [-0.1, -0.05) is 0 Å². The summed E-state index contributed by atoms with van der Waals surface area (Å²) in [5.74, 6) is -2.39. The van der Waals surface area contributed by atoms with Crippen LogP contribution in [-0.2, 0) is 23.9 Å². The molecule has 0 aliphatic carbocycles. The highest BCUT2D eigenvalue weighted by atomic mass is 16.5. The maximum absolute atomic E-state index is 10.7. The van der Waals surface area contributed by atoms with Crippen molar-refractivity contribution in [3.63, 3.8) is 0 Å². The molecule has 0 rings (SSSR count). The van der Waals surface area contributed by atoms with Crippen molar-refractivity contribution in [2.45, 2.75) is 6.42 Å². The summed E-state index contributed by atoms with van der Waals surface area (Å²) in [7, 11) is 2.33. The number of ether oxygens (including phenoxy) is 2. The van der Waals surface area contributed by atoms with Crippen LogP contribution in [0.1, 0.15) is 6.42 Å². The minimum absolute atomic E-state index is 0.271. The number of rotatable bonds is 4. The van der Waals surface area contributed by atoms with E-state index in [1.165, 1.54) is 7.11 Å². The first-order valence-corrected chi connectivity index (χ1v) is 3.25. The zero-order valence-corrected chi connectivity index (χ0v) is 6.90. The Morgan fingerprint density at radius 3 is 2.25 bits per heavy atom. The maximum Gasteiger partial charge on any atom is 0.316 e. The Bertz CT molecular complexity index is 186. The van der Waals surface area contributed by atoms with Crippen LogP contribution in [0.25, 0.3) is 0 Å². The average Bonchev–Trinajstić information content (AvgIpc) is 2.12. The van der Waals surface area contributed by atoms with E-state index in [0.717, 1.165) is 7.11 Å². The molecule has 0 aromatic carbocycles. The van der Waals surface area contributed by atoms with Crippen LogP contribution in [0.5, 0.6) is 0 Å². The number of carbonyl (C=O) groups is 3. The second-order valence-electron chi connectivity index (χ2n) is 2.05. The Balaban J connectivity index is 4.08. The monoisotopic (exact) mass is 174 g/mol. The largest absolute Gasteiger partial charge is 0.469 e. The second kappa shape index (κ2) is 5.29. The van der Waals surface area contributed by atoms with E-state index in [-0.39, 0.29) is 6.42 Å². The topological polar surface area (TPSA) is 69.7 Å². The molecule has 0 aliphatic rings. The van der Waals surface area contributed by atoms with Crippen molar-refractivity contribution in [2.24, 2.45) is 5.92 Å². The normalized spacial score (nSPS) is 11.5. The second-order valence-corrected chi connectivity index (χ2v) is 2.05. The van der Waals surface area contributed by atoms with Gasteiger partial charge in [-0.15, -0.1) is 0 Å². The first kappa shape index (κ1) is 10.6. The highest BCUT2D eigenvalue weighted by molar-refractivity contribution is 5.91. The van der Waals surface area contributed by atoms with Gasteiger partial charge in [-0.25, -0.2) is 0 Å². The molecule has 0 amide bonds. The lowest BCUT2D eigenvalue weighted by atomic mass is 10.1. The third-order valence-electron chi connectivity index (χ3n) is 1.28. The van der Waals surface area contributed by atoms with Crippen molar-refractivity contribution in [2.75, 3.05) is 14.2 Å². The van der Waals surface area contributed by atoms with Crippen molar-refractivity contribution in [1.82, 2.24) is 0 Å². The fourth-order valence-electron chi connectivity index (χ4n) is 0.601. The molecule has 0 aromatic rings. The summed E-state index contributed by atoms with van der Waals surface area (Å²) >= 11 is 0. The first-order chi connectivity index (χ1) is 5.65. The van der Waals surface area contributed by atoms with Gasteiger partial charge in [0, 0.05) is 0 Å². The molecule has 0 aromatic heterocycles. The summed E-state index contributed by atoms with van der Waals surface area (Å²) < 4.78 is 8.54. The molecule has 0 unspecified atom stereocenters. The molecule has 12 heavy (non-hydrogen) atoms. The van der Waals surface area contributed by atoms with E-state index in [9.17, 15) is 14.4 Å². The van der Waals surface area contributed by atoms with E-state index in [2.05, 4.69) is 9.47 Å². The molecule has 0 N–H and O–H groups in total. The van der Waals surface area contributed by atoms with Crippen LogP contribution in [0.2, 0.25) is 0 Å². The van der Waals surface area contributed by atoms with Gasteiger partial charge in [-0.05, 0) is 0 Å². The first-order valence-electron chi connectivity index (χ1n) is 3.25. The van der Waals surface area contributed by atoms with E-state index in [1.807, 2.05) is 0 Å². The van der Waals surface area contributed by atoms with Crippen molar-refractivity contribution < 1.29 is 23.9 Å². The summed E-state index contributed by atoms with van der Waals surface area (Å²) in [5, 5.41) is 0. The minimum atomic E-state index is -1.05. The molecular weight excluding hydrogens is 164 g/mol. The maximum atomic E-state index is 10.7. The van der Waals surface area contributed by atoms with Gasteiger partial charge in [0.05, 0.1) is 20.6 Å². The average molecular weight is 174 g/mol. The van der Waals surface area contributed by atoms with Crippen LogP contribution >= 0.6 is 0 Å². The molecule has 5 nitrogen and oxygen atoms in total. The molecule has 0 aliphatic heterocycles. The summed E-state index contributed by atoms with van der Waals surface area (Å²) in [6, 6.07) is 0.